The van der Waals surface area contributed by atoms with Gasteiger partial charge in [-0.2, -0.15) is 0 Å². The Morgan fingerprint density at radius 3 is 2.22 bits per heavy atom. The number of nitrogens with one attached hydrogen (secondary N) is 1. The first-order chi connectivity index (χ1) is 15.1. The van der Waals surface area contributed by atoms with Crippen LogP contribution in [0.2, 0.25) is 5.02 Å². The molecule has 1 aliphatic heterocycles. The van der Waals surface area contributed by atoms with Gasteiger partial charge in [0.1, 0.15) is 11.4 Å². The van der Waals surface area contributed by atoms with Gasteiger partial charge in [0.25, 0.3) is 5.91 Å². The summed E-state index contributed by atoms with van der Waals surface area (Å²) >= 11 is 6.05. The second kappa shape index (κ2) is 10.0. The van der Waals surface area contributed by atoms with E-state index in [2.05, 4.69) is 5.32 Å². The van der Waals surface area contributed by atoms with Crippen LogP contribution in [-0.2, 0) is 9.53 Å². The maximum absolute atomic E-state index is 12.5. The Labute approximate surface area is 192 Å². The minimum absolute atomic E-state index is 0.284. The van der Waals surface area contributed by atoms with E-state index in [9.17, 15) is 14.4 Å². The number of rotatable bonds is 4. The van der Waals surface area contributed by atoms with Crippen LogP contribution in [-0.4, -0.2) is 41.6 Å². The molecule has 1 saturated heterocycles. The van der Waals surface area contributed by atoms with E-state index in [4.69, 9.17) is 21.1 Å². The Hall–Kier alpha value is -3.06. The number of ether oxygens (including phenoxy) is 2. The first kappa shape index (κ1) is 23.6. The number of hydrogen-bond donors (Lipinski definition) is 1. The number of anilines is 1. The third kappa shape index (κ3) is 6.47. The highest BCUT2D eigenvalue weighted by Crippen LogP contribution is 2.24. The van der Waals surface area contributed by atoms with Gasteiger partial charge in [0.15, 0.2) is 0 Å². The number of carbonyl (C=O) groups excluding carboxylic acids is 3. The van der Waals surface area contributed by atoms with Gasteiger partial charge < -0.3 is 19.7 Å². The second-order valence-electron chi connectivity index (χ2n) is 8.62. The number of nitrogens with zero attached hydrogens (tertiary/aromatic N) is 1. The molecule has 0 aromatic heterocycles. The van der Waals surface area contributed by atoms with Crippen molar-refractivity contribution in [3.05, 3.63) is 59.1 Å². The largest absolute Gasteiger partial charge is 0.444 e. The van der Waals surface area contributed by atoms with Crippen LogP contribution in [0.25, 0.3) is 0 Å². The van der Waals surface area contributed by atoms with Crippen molar-refractivity contribution in [2.45, 2.75) is 39.2 Å². The topological polar surface area (TPSA) is 84.9 Å². The first-order valence-corrected chi connectivity index (χ1v) is 10.9. The minimum atomic E-state index is -0.550. The summed E-state index contributed by atoms with van der Waals surface area (Å²) in [5.41, 5.74) is 0.383. The van der Waals surface area contributed by atoms with E-state index in [1.807, 2.05) is 20.8 Å². The van der Waals surface area contributed by atoms with Crippen LogP contribution in [0, 0.1) is 5.92 Å². The number of carbonyl (C=O) groups is 3. The van der Waals surface area contributed by atoms with Gasteiger partial charge in [-0.1, -0.05) is 23.7 Å². The molecule has 0 spiro atoms. The molecule has 1 fully saturated rings. The summed E-state index contributed by atoms with van der Waals surface area (Å²) in [6.07, 6.45) is 0.674. The zero-order valence-corrected chi connectivity index (χ0v) is 19.1. The van der Waals surface area contributed by atoms with E-state index >= 15 is 0 Å². The summed E-state index contributed by atoms with van der Waals surface area (Å²) in [5.74, 6) is -0.549. The third-order valence-corrected chi connectivity index (χ3v) is 5.26. The number of halogens is 1. The van der Waals surface area contributed by atoms with Crippen LogP contribution >= 0.6 is 11.6 Å². The lowest BCUT2D eigenvalue weighted by molar-refractivity contribution is -0.140. The molecule has 0 aliphatic carbocycles. The lowest BCUT2D eigenvalue weighted by atomic mass is 9.97. The molecule has 0 unspecified atom stereocenters. The Bertz CT molecular complexity index is 977. The van der Waals surface area contributed by atoms with Gasteiger partial charge in [-0.25, -0.2) is 4.79 Å². The lowest BCUT2D eigenvalue weighted by Gasteiger charge is -2.32. The number of benzene rings is 2. The smallest absolute Gasteiger partial charge is 0.410 e. The van der Waals surface area contributed by atoms with E-state index in [1.54, 1.807) is 53.4 Å². The fraction of sp³-hybridized carbons (Fsp3) is 0.375. The van der Waals surface area contributed by atoms with Crippen molar-refractivity contribution in [3.63, 3.8) is 0 Å². The molecule has 170 valence electrons. The van der Waals surface area contributed by atoms with Crippen molar-refractivity contribution in [1.82, 2.24) is 4.90 Å². The standard InChI is InChI=1S/C24H27ClN2O5/c1-24(2,3)32-23(30)27-14-12-16(13-15-27)22(29)31-18-10-8-17(9-11-18)26-21(28)19-6-4-5-7-20(19)25/h4-11,16H,12-15H2,1-3H3,(H,26,28). The molecule has 32 heavy (non-hydrogen) atoms. The minimum Gasteiger partial charge on any atom is -0.444 e. The van der Waals surface area contributed by atoms with Crippen molar-refractivity contribution in [2.24, 2.45) is 5.92 Å². The molecule has 0 atom stereocenters. The lowest BCUT2D eigenvalue weighted by Crippen LogP contribution is -2.43. The predicted octanol–water partition coefficient (Wildman–Crippen LogP) is 5.14. The highest BCUT2D eigenvalue weighted by molar-refractivity contribution is 6.34. The Morgan fingerprint density at radius 1 is 1.00 bits per heavy atom. The zero-order valence-electron chi connectivity index (χ0n) is 18.4. The van der Waals surface area contributed by atoms with Crippen LogP contribution in [0.5, 0.6) is 5.75 Å². The van der Waals surface area contributed by atoms with Gasteiger partial charge >= 0.3 is 12.1 Å². The van der Waals surface area contributed by atoms with Crippen LogP contribution in [0.1, 0.15) is 44.0 Å². The molecule has 3 rings (SSSR count). The molecule has 1 N–H and O–H groups in total. The molecular formula is C24H27ClN2O5. The first-order valence-electron chi connectivity index (χ1n) is 10.5. The summed E-state index contributed by atoms with van der Waals surface area (Å²) in [7, 11) is 0. The summed E-state index contributed by atoms with van der Waals surface area (Å²) in [6.45, 7) is 6.36. The third-order valence-electron chi connectivity index (χ3n) is 4.93. The molecule has 0 saturated carbocycles. The average molecular weight is 459 g/mol. The maximum atomic E-state index is 12.5. The fourth-order valence-electron chi connectivity index (χ4n) is 3.27. The molecule has 8 heteroatoms. The normalized spacial score (nSPS) is 14.6. The van der Waals surface area contributed by atoms with E-state index in [-0.39, 0.29) is 23.9 Å². The number of likely N-dealkylation sites (tertiary alicyclic amines) is 1. The van der Waals surface area contributed by atoms with Crippen molar-refractivity contribution in [3.8, 4) is 5.75 Å². The van der Waals surface area contributed by atoms with Gasteiger partial charge in [0.05, 0.1) is 16.5 Å². The van der Waals surface area contributed by atoms with Crippen LogP contribution < -0.4 is 10.1 Å². The van der Waals surface area contributed by atoms with Gasteiger partial charge in [0, 0.05) is 18.8 Å². The Morgan fingerprint density at radius 2 is 1.62 bits per heavy atom. The number of esters is 1. The molecule has 1 heterocycles. The van der Waals surface area contributed by atoms with Gasteiger partial charge in [-0.05, 0) is 70.0 Å². The molecule has 0 bridgehead atoms. The van der Waals surface area contributed by atoms with E-state index in [0.29, 0.717) is 48.0 Å². The molecular weight excluding hydrogens is 432 g/mol. The molecule has 0 radical (unpaired) electrons. The van der Waals surface area contributed by atoms with Crippen molar-refractivity contribution < 1.29 is 23.9 Å². The van der Waals surface area contributed by atoms with E-state index < -0.39 is 5.60 Å². The zero-order chi connectivity index (χ0) is 23.3. The summed E-state index contributed by atoms with van der Waals surface area (Å²) in [4.78, 5) is 38.6. The van der Waals surface area contributed by atoms with Crippen molar-refractivity contribution in [1.29, 1.82) is 0 Å². The van der Waals surface area contributed by atoms with Crippen molar-refractivity contribution >= 4 is 35.3 Å². The monoisotopic (exact) mass is 458 g/mol. The predicted molar refractivity (Wildman–Crippen MR) is 122 cm³/mol. The fourth-order valence-corrected chi connectivity index (χ4v) is 3.50. The molecule has 2 aromatic carbocycles. The van der Waals surface area contributed by atoms with Crippen LogP contribution in [0.4, 0.5) is 10.5 Å². The molecule has 1 aliphatic rings. The highest BCUT2D eigenvalue weighted by atomic mass is 35.5. The Kier molecular flexibility index (Phi) is 7.40. The number of hydrogen-bond acceptors (Lipinski definition) is 5. The summed E-state index contributed by atoms with van der Waals surface area (Å²) in [5, 5.41) is 3.13. The molecule has 7 nitrogen and oxygen atoms in total. The summed E-state index contributed by atoms with van der Waals surface area (Å²) in [6, 6.07) is 13.3. The number of piperidine rings is 1. The number of amides is 2. The van der Waals surface area contributed by atoms with Crippen LogP contribution in [0.3, 0.4) is 0 Å². The average Bonchev–Trinajstić information content (AvgIpc) is 2.74. The quantitative estimate of drug-likeness (QED) is 0.506. The molecule has 2 aromatic rings. The second-order valence-corrected chi connectivity index (χ2v) is 9.03. The highest BCUT2D eigenvalue weighted by Gasteiger charge is 2.31. The van der Waals surface area contributed by atoms with Crippen molar-refractivity contribution in [2.75, 3.05) is 18.4 Å². The Balaban J connectivity index is 1.49. The SMILES string of the molecule is CC(C)(C)OC(=O)N1CCC(C(=O)Oc2ccc(NC(=O)c3ccccc3Cl)cc2)CC1. The molecule has 2 amide bonds. The van der Waals surface area contributed by atoms with Crippen LogP contribution in [0.15, 0.2) is 48.5 Å². The summed E-state index contributed by atoms with van der Waals surface area (Å²) < 4.78 is 10.9. The van der Waals surface area contributed by atoms with Gasteiger partial charge in [-0.15, -0.1) is 0 Å². The van der Waals surface area contributed by atoms with E-state index in [1.165, 1.54) is 0 Å². The maximum Gasteiger partial charge on any atom is 0.410 e. The van der Waals surface area contributed by atoms with E-state index in [0.717, 1.165) is 0 Å². The van der Waals surface area contributed by atoms with Gasteiger partial charge in [0.2, 0.25) is 0 Å². The van der Waals surface area contributed by atoms with Gasteiger partial charge in [-0.3, -0.25) is 9.59 Å².